The largest absolute Gasteiger partial charge is 0.618 e. The molecule has 0 N–H and O–H groups in total. The van der Waals surface area contributed by atoms with E-state index in [0.29, 0.717) is 22.8 Å². The molecule has 1 aliphatic rings. The molecule has 5 aromatic rings. The minimum Gasteiger partial charge on any atom is -0.618 e. The number of halogens is 5. The van der Waals surface area contributed by atoms with Crippen LogP contribution in [0.5, 0.6) is 0 Å². The Labute approximate surface area is 229 Å². The molecule has 9 nitrogen and oxygen atoms in total. The van der Waals surface area contributed by atoms with Crippen LogP contribution in [0.25, 0.3) is 27.9 Å². The number of alkyl halides is 3. The first-order valence-electron chi connectivity index (χ1n) is 12.2. The molecule has 1 saturated carbocycles. The van der Waals surface area contributed by atoms with Gasteiger partial charge >= 0.3 is 6.18 Å². The number of tetrazole rings is 1. The molecule has 0 bridgehead atoms. The molecule has 1 atom stereocenters. The van der Waals surface area contributed by atoms with Crippen LogP contribution in [0.4, 0.5) is 17.6 Å². The van der Waals surface area contributed by atoms with Gasteiger partial charge in [-0.25, -0.2) is 4.39 Å². The van der Waals surface area contributed by atoms with Gasteiger partial charge in [-0.3, -0.25) is 9.67 Å². The van der Waals surface area contributed by atoms with Crippen LogP contribution in [-0.4, -0.2) is 35.0 Å². The van der Waals surface area contributed by atoms with Crippen molar-refractivity contribution in [2.75, 3.05) is 0 Å². The molecule has 4 heterocycles. The SMILES string of the molecule is [O-][n+]1cc(-c2c(-n3cnnn3)ccc(Cl)c2F)ccc1C(CC1CC1)n1cc(-c2ccncc2C(F)(F)F)cn1. The van der Waals surface area contributed by atoms with Crippen molar-refractivity contribution in [2.24, 2.45) is 5.92 Å². The Balaban J connectivity index is 1.40. The fourth-order valence-electron chi connectivity index (χ4n) is 4.73. The van der Waals surface area contributed by atoms with Crippen molar-refractivity contribution in [3.05, 3.63) is 94.9 Å². The Morgan fingerprint density at radius 2 is 1.93 bits per heavy atom. The summed E-state index contributed by atoms with van der Waals surface area (Å²) >= 11 is 6.05. The normalized spacial score (nSPS) is 14.4. The number of benzene rings is 1. The minimum absolute atomic E-state index is 0.0356. The summed E-state index contributed by atoms with van der Waals surface area (Å²) < 4.78 is 59.4. The maximum Gasteiger partial charge on any atom is 0.418 e. The lowest BCUT2D eigenvalue weighted by Crippen LogP contribution is -2.35. The predicted octanol–water partition coefficient (Wildman–Crippen LogP) is 5.42. The van der Waals surface area contributed by atoms with E-state index in [2.05, 4.69) is 25.6 Å². The lowest BCUT2D eigenvalue weighted by molar-refractivity contribution is -0.615. The van der Waals surface area contributed by atoms with Crippen LogP contribution in [0, 0.1) is 16.9 Å². The maximum absolute atomic E-state index is 15.2. The highest BCUT2D eigenvalue weighted by atomic mass is 35.5. The highest BCUT2D eigenvalue weighted by Crippen LogP contribution is 2.41. The van der Waals surface area contributed by atoms with Crippen molar-refractivity contribution in [1.82, 2.24) is 35.0 Å². The number of pyridine rings is 2. The molecule has 0 radical (unpaired) electrons. The number of nitrogens with zero attached hydrogens (tertiary/aromatic N) is 8. The second-order valence-corrected chi connectivity index (χ2v) is 9.91. The zero-order valence-corrected chi connectivity index (χ0v) is 21.3. The predicted molar refractivity (Wildman–Crippen MR) is 134 cm³/mol. The lowest BCUT2D eigenvalue weighted by Gasteiger charge is -2.18. The van der Waals surface area contributed by atoms with Gasteiger partial charge in [0.2, 0.25) is 5.69 Å². The number of rotatable bonds is 7. The molecule has 4 aromatic heterocycles. The van der Waals surface area contributed by atoms with E-state index in [1.54, 1.807) is 12.1 Å². The first-order valence-corrected chi connectivity index (χ1v) is 12.6. The molecular weight excluding hydrogens is 552 g/mol. The van der Waals surface area contributed by atoms with E-state index in [4.69, 9.17) is 11.6 Å². The quantitative estimate of drug-likeness (QED) is 0.147. The zero-order chi connectivity index (χ0) is 28.0. The molecule has 0 aliphatic heterocycles. The van der Waals surface area contributed by atoms with Crippen molar-refractivity contribution in [3.8, 4) is 27.9 Å². The van der Waals surface area contributed by atoms with Gasteiger partial charge in [-0.05, 0) is 47.0 Å². The molecule has 0 saturated heterocycles. The molecule has 1 unspecified atom stereocenters. The second kappa shape index (κ2) is 9.97. The third-order valence-corrected chi connectivity index (χ3v) is 7.15. The Hall–Kier alpha value is -4.39. The summed E-state index contributed by atoms with van der Waals surface area (Å²) in [5, 5.41) is 28.6. The molecule has 6 rings (SSSR count). The summed E-state index contributed by atoms with van der Waals surface area (Å²) in [6, 6.07) is 6.77. The van der Waals surface area contributed by atoms with E-state index in [-0.39, 0.29) is 33.0 Å². The average Bonchev–Trinajstić information content (AvgIpc) is 3.36. The summed E-state index contributed by atoms with van der Waals surface area (Å²) in [4.78, 5) is 3.61. The highest BCUT2D eigenvalue weighted by Gasteiger charge is 2.35. The molecule has 0 amide bonds. The van der Waals surface area contributed by atoms with E-state index in [1.807, 2.05) is 0 Å². The van der Waals surface area contributed by atoms with Gasteiger partial charge in [0.15, 0.2) is 12.0 Å². The van der Waals surface area contributed by atoms with Crippen molar-refractivity contribution in [1.29, 1.82) is 0 Å². The Bertz CT molecular complexity index is 1680. The summed E-state index contributed by atoms with van der Waals surface area (Å²) in [6.45, 7) is 0. The van der Waals surface area contributed by atoms with Gasteiger partial charge in [-0.15, -0.1) is 5.10 Å². The van der Waals surface area contributed by atoms with Gasteiger partial charge in [-0.2, -0.15) is 27.7 Å². The molecule has 204 valence electrons. The molecule has 0 spiro atoms. The van der Waals surface area contributed by atoms with Crippen LogP contribution in [0.15, 0.2) is 67.6 Å². The molecule has 1 aromatic carbocycles. The number of aromatic nitrogens is 8. The van der Waals surface area contributed by atoms with Crippen molar-refractivity contribution in [2.45, 2.75) is 31.5 Å². The second-order valence-electron chi connectivity index (χ2n) is 9.50. The Morgan fingerprint density at radius 3 is 2.62 bits per heavy atom. The van der Waals surface area contributed by atoms with Crippen LogP contribution < -0.4 is 4.73 Å². The van der Waals surface area contributed by atoms with Crippen LogP contribution >= 0.6 is 11.6 Å². The van der Waals surface area contributed by atoms with Crippen LogP contribution in [0.3, 0.4) is 0 Å². The van der Waals surface area contributed by atoms with Crippen molar-refractivity contribution >= 4 is 11.6 Å². The number of hydrogen-bond donors (Lipinski definition) is 0. The van der Waals surface area contributed by atoms with Gasteiger partial charge in [0.05, 0.1) is 33.6 Å². The third-order valence-electron chi connectivity index (χ3n) is 6.86. The fraction of sp³-hybridized carbons (Fsp3) is 0.231. The minimum atomic E-state index is -4.59. The molecular formula is C26H19ClF4N8O. The van der Waals surface area contributed by atoms with Gasteiger partial charge in [0, 0.05) is 35.8 Å². The summed E-state index contributed by atoms with van der Waals surface area (Å²) in [5.41, 5.74) is 0.174. The van der Waals surface area contributed by atoms with Crippen LogP contribution in [0.1, 0.15) is 36.6 Å². The maximum atomic E-state index is 15.2. The van der Waals surface area contributed by atoms with Crippen LogP contribution in [-0.2, 0) is 6.18 Å². The lowest BCUT2D eigenvalue weighted by atomic mass is 10.0. The molecule has 1 fully saturated rings. The molecule has 1 aliphatic carbocycles. The summed E-state index contributed by atoms with van der Waals surface area (Å²) in [6.07, 6.45) is 5.35. The van der Waals surface area contributed by atoms with Crippen molar-refractivity contribution < 1.29 is 22.3 Å². The van der Waals surface area contributed by atoms with Gasteiger partial charge in [0.1, 0.15) is 12.4 Å². The Kier molecular flexibility index (Phi) is 6.45. The third kappa shape index (κ3) is 4.88. The van der Waals surface area contributed by atoms with Gasteiger partial charge in [0.25, 0.3) is 0 Å². The number of hydrogen-bond acceptors (Lipinski definition) is 6. The fourth-order valence-corrected chi connectivity index (χ4v) is 4.89. The van der Waals surface area contributed by atoms with Gasteiger partial charge in [-0.1, -0.05) is 24.4 Å². The summed E-state index contributed by atoms with van der Waals surface area (Å²) in [5.74, 6) is -0.396. The average molecular weight is 571 g/mol. The van der Waals surface area contributed by atoms with Crippen molar-refractivity contribution in [3.63, 3.8) is 0 Å². The standard InChI is InChI=1S/C26H19ClF4N8O/c27-20-4-6-22(38-14-33-35-36-38)24(25(20)28)16-3-5-21(39(40)13-16)23(9-15-1-2-15)37-12-17(10-34-37)18-7-8-32-11-19(18)26(29,30)31/h3-8,10-15,23H,1-2,9H2. The first kappa shape index (κ1) is 25.9. The van der Waals surface area contributed by atoms with Gasteiger partial charge < -0.3 is 5.21 Å². The van der Waals surface area contributed by atoms with E-state index in [0.717, 1.165) is 19.0 Å². The van der Waals surface area contributed by atoms with Crippen LogP contribution in [0.2, 0.25) is 5.02 Å². The zero-order valence-electron chi connectivity index (χ0n) is 20.5. The van der Waals surface area contributed by atoms with E-state index < -0.39 is 23.6 Å². The molecule has 40 heavy (non-hydrogen) atoms. The van der Waals surface area contributed by atoms with E-state index in [9.17, 15) is 18.4 Å². The summed E-state index contributed by atoms with van der Waals surface area (Å²) in [7, 11) is 0. The Morgan fingerprint density at radius 1 is 1.10 bits per heavy atom. The topological polar surface area (TPSA) is 101 Å². The monoisotopic (exact) mass is 570 g/mol. The first-order chi connectivity index (χ1) is 19.2. The van der Waals surface area contributed by atoms with E-state index >= 15 is 4.39 Å². The highest BCUT2D eigenvalue weighted by molar-refractivity contribution is 6.31. The van der Waals surface area contributed by atoms with E-state index in [1.165, 1.54) is 58.7 Å². The molecule has 14 heteroatoms. The smallest absolute Gasteiger partial charge is 0.418 e.